The van der Waals surface area contributed by atoms with E-state index < -0.39 is 0 Å². The van der Waals surface area contributed by atoms with E-state index in [1.807, 2.05) is 0 Å². The van der Waals surface area contributed by atoms with Crippen LogP contribution in [0.1, 0.15) is 30.2 Å². The molecular formula is C29H28N2O2. The van der Waals surface area contributed by atoms with Crippen molar-refractivity contribution in [1.82, 2.24) is 9.13 Å². The summed E-state index contributed by atoms with van der Waals surface area (Å²) in [6.07, 6.45) is 3.15. The molecular weight excluding hydrogens is 408 g/mol. The normalized spacial score (nSPS) is 14.2. The van der Waals surface area contributed by atoms with Crippen molar-refractivity contribution in [2.24, 2.45) is 0 Å². The Kier molecular flexibility index (Phi) is 4.75. The maximum atomic E-state index is 12.1. The van der Waals surface area contributed by atoms with Crippen molar-refractivity contribution in [1.29, 1.82) is 0 Å². The molecule has 0 N–H and O–H groups in total. The monoisotopic (exact) mass is 436 g/mol. The molecule has 4 nitrogen and oxygen atoms in total. The van der Waals surface area contributed by atoms with Crippen LogP contribution in [0.25, 0.3) is 32.7 Å². The van der Waals surface area contributed by atoms with Gasteiger partial charge in [0.1, 0.15) is 6.10 Å². The molecule has 0 radical (unpaired) electrons. The van der Waals surface area contributed by atoms with E-state index >= 15 is 0 Å². The second-order valence-electron chi connectivity index (χ2n) is 9.29. The largest absolute Gasteiger partial charge is 0.459 e. The number of rotatable bonds is 5. The Labute approximate surface area is 193 Å². The lowest BCUT2D eigenvalue weighted by Gasteiger charge is -2.22. The van der Waals surface area contributed by atoms with Crippen LogP contribution in [0.4, 0.5) is 0 Å². The molecule has 6 rings (SSSR count). The van der Waals surface area contributed by atoms with Crippen LogP contribution in [-0.2, 0) is 35.5 Å². The predicted molar refractivity (Wildman–Crippen MR) is 134 cm³/mol. The van der Waals surface area contributed by atoms with Crippen molar-refractivity contribution in [2.75, 3.05) is 0 Å². The van der Waals surface area contributed by atoms with Crippen LogP contribution in [0.2, 0.25) is 0 Å². The Bertz CT molecular complexity index is 1470. The van der Waals surface area contributed by atoms with E-state index in [4.69, 9.17) is 4.74 Å². The minimum atomic E-state index is -0.261. The fourth-order valence-electron chi connectivity index (χ4n) is 5.77. The number of para-hydroxylation sites is 2. The highest BCUT2D eigenvalue weighted by Gasteiger charge is 2.25. The summed E-state index contributed by atoms with van der Waals surface area (Å²) < 4.78 is 10.7. The molecule has 1 aliphatic carbocycles. The van der Waals surface area contributed by atoms with E-state index in [1.165, 1.54) is 62.9 Å². The van der Waals surface area contributed by atoms with Gasteiger partial charge in [0.05, 0.1) is 13.1 Å². The minimum Gasteiger partial charge on any atom is -0.459 e. The zero-order valence-corrected chi connectivity index (χ0v) is 19.2. The molecule has 1 aliphatic rings. The van der Waals surface area contributed by atoms with Crippen molar-refractivity contribution in [3.8, 4) is 0 Å². The van der Waals surface area contributed by atoms with E-state index in [0.717, 1.165) is 12.8 Å². The number of carbonyl (C=O) groups excluding carboxylic acids is 1. The third-order valence-electron chi connectivity index (χ3n) is 7.07. The van der Waals surface area contributed by atoms with Gasteiger partial charge in [0.2, 0.25) is 0 Å². The topological polar surface area (TPSA) is 36.2 Å². The first-order valence-corrected chi connectivity index (χ1v) is 11.8. The summed E-state index contributed by atoms with van der Waals surface area (Å²) in [5, 5.41) is 3.83. The van der Waals surface area contributed by atoms with Gasteiger partial charge in [-0.05, 0) is 56.0 Å². The standard InChI is InChI=1S/C29H28N2O2/c1-19-14-15-29-25(16-19)24-10-7-13-28(24)31(29)18-21(33-20(2)32)17-30-26-11-5-3-8-22(26)23-9-4-6-12-27(23)30/h3-6,8-9,11-12,14-16,21H,7,10,13,17-18H2,1-2H3. The van der Waals surface area contributed by atoms with Gasteiger partial charge in [0, 0.05) is 45.3 Å². The molecule has 166 valence electrons. The van der Waals surface area contributed by atoms with Crippen LogP contribution in [0, 0.1) is 6.92 Å². The summed E-state index contributed by atoms with van der Waals surface area (Å²) in [6, 6.07) is 23.7. The molecule has 0 aliphatic heterocycles. The van der Waals surface area contributed by atoms with E-state index in [-0.39, 0.29) is 12.1 Å². The number of hydrogen-bond donors (Lipinski definition) is 0. The van der Waals surface area contributed by atoms with E-state index in [0.29, 0.717) is 13.1 Å². The number of benzene rings is 3. The lowest BCUT2D eigenvalue weighted by Crippen LogP contribution is -2.28. The number of esters is 1. The molecule has 4 heteroatoms. The molecule has 5 aromatic rings. The Hall–Kier alpha value is -3.53. The molecule has 2 heterocycles. The first-order valence-electron chi connectivity index (χ1n) is 11.8. The fraction of sp³-hybridized carbons (Fsp3) is 0.276. The summed E-state index contributed by atoms with van der Waals surface area (Å²) in [7, 11) is 0. The van der Waals surface area contributed by atoms with Crippen LogP contribution in [0.5, 0.6) is 0 Å². The van der Waals surface area contributed by atoms with Crippen molar-refractivity contribution >= 4 is 38.7 Å². The van der Waals surface area contributed by atoms with Gasteiger partial charge in [-0.1, -0.05) is 48.0 Å². The van der Waals surface area contributed by atoms with Crippen molar-refractivity contribution in [3.05, 3.63) is 83.6 Å². The first kappa shape index (κ1) is 20.1. The summed E-state index contributed by atoms with van der Waals surface area (Å²) in [6.45, 7) is 4.95. The highest BCUT2D eigenvalue weighted by molar-refractivity contribution is 6.08. The summed E-state index contributed by atoms with van der Waals surface area (Å²) >= 11 is 0. The molecule has 0 amide bonds. The van der Waals surface area contributed by atoms with Crippen molar-refractivity contribution < 1.29 is 9.53 Å². The molecule has 1 unspecified atom stereocenters. The molecule has 0 fully saturated rings. The van der Waals surface area contributed by atoms with Crippen LogP contribution >= 0.6 is 0 Å². The number of nitrogens with zero attached hydrogens (tertiary/aromatic N) is 2. The number of aromatic nitrogens is 2. The Morgan fingerprint density at radius 1 is 0.848 bits per heavy atom. The smallest absolute Gasteiger partial charge is 0.303 e. The number of hydrogen-bond acceptors (Lipinski definition) is 2. The molecule has 3 aromatic carbocycles. The highest BCUT2D eigenvalue weighted by atomic mass is 16.5. The Morgan fingerprint density at radius 2 is 1.48 bits per heavy atom. The maximum absolute atomic E-state index is 12.1. The van der Waals surface area contributed by atoms with E-state index in [1.54, 1.807) is 0 Å². The number of aryl methyl sites for hydroxylation is 2. The van der Waals surface area contributed by atoms with Gasteiger partial charge in [-0.15, -0.1) is 0 Å². The van der Waals surface area contributed by atoms with Crippen LogP contribution in [0.15, 0.2) is 66.7 Å². The van der Waals surface area contributed by atoms with Crippen LogP contribution < -0.4 is 0 Å². The van der Waals surface area contributed by atoms with Crippen molar-refractivity contribution in [3.63, 3.8) is 0 Å². The molecule has 1 atom stereocenters. The third kappa shape index (κ3) is 3.32. The second-order valence-corrected chi connectivity index (χ2v) is 9.29. The molecule has 0 spiro atoms. The first-order chi connectivity index (χ1) is 16.1. The van der Waals surface area contributed by atoms with Gasteiger partial charge in [-0.25, -0.2) is 0 Å². The zero-order valence-electron chi connectivity index (χ0n) is 19.2. The molecule has 0 saturated heterocycles. The van der Waals surface area contributed by atoms with Gasteiger partial charge in [0.25, 0.3) is 0 Å². The summed E-state index contributed by atoms with van der Waals surface area (Å²) in [5.74, 6) is -0.232. The van der Waals surface area contributed by atoms with Gasteiger partial charge >= 0.3 is 5.97 Å². The van der Waals surface area contributed by atoms with Gasteiger partial charge < -0.3 is 13.9 Å². The number of carbonyl (C=O) groups is 1. The maximum Gasteiger partial charge on any atom is 0.303 e. The van der Waals surface area contributed by atoms with E-state index in [9.17, 15) is 4.79 Å². The van der Waals surface area contributed by atoms with Crippen LogP contribution in [-0.4, -0.2) is 21.2 Å². The Morgan fingerprint density at radius 3 is 2.18 bits per heavy atom. The minimum absolute atomic E-state index is 0.232. The zero-order chi connectivity index (χ0) is 22.5. The highest BCUT2D eigenvalue weighted by Crippen LogP contribution is 2.35. The molecule has 0 bridgehead atoms. The number of fused-ring (bicyclic) bond motifs is 6. The summed E-state index contributed by atoms with van der Waals surface area (Å²) in [4.78, 5) is 12.1. The quantitative estimate of drug-likeness (QED) is 0.309. The third-order valence-corrected chi connectivity index (χ3v) is 7.07. The van der Waals surface area contributed by atoms with Gasteiger partial charge in [0.15, 0.2) is 0 Å². The molecule has 33 heavy (non-hydrogen) atoms. The number of ether oxygens (including phenoxy) is 1. The van der Waals surface area contributed by atoms with Crippen molar-refractivity contribution in [2.45, 2.75) is 52.3 Å². The Balaban J connectivity index is 1.45. The second kappa shape index (κ2) is 7.80. The average Bonchev–Trinajstić information content (AvgIpc) is 3.48. The fourth-order valence-corrected chi connectivity index (χ4v) is 5.77. The van der Waals surface area contributed by atoms with E-state index in [2.05, 4.69) is 82.8 Å². The van der Waals surface area contributed by atoms with Gasteiger partial charge in [-0.3, -0.25) is 4.79 Å². The molecule has 2 aromatic heterocycles. The SMILES string of the molecule is CC(=O)OC(Cn1c2c(c3cc(C)ccc31)CCC2)Cn1c2ccccc2c2ccccc21. The molecule has 0 saturated carbocycles. The lowest BCUT2D eigenvalue weighted by molar-refractivity contribution is -0.147. The van der Waals surface area contributed by atoms with Gasteiger partial charge in [-0.2, -0.15) is 0 Å². The van der Waals surface area contributed by atoms with Crippen LogP contribution in [0.3, 0.4) is 0 Å². The summed E-state index contributed by atoms with van der Waals surface area (Å²) in [5.41, 5.74) is 7.78. The lowest BCUT2D eigenvalue weighted by atomic mass is 10.1. The average molecular weight is 437 g/mol. The predicted octanol–water partition coefficient (Wildman–Crippen LogP) is 6.18.